The molecule has 1 saturated carbocycles. The second kappa shape index (κ2) is 10.2. The van der Waals surface area contributed by atoms with Crippen molar-refractivity contribution < 1.29 is 9.53 Å². The predicted octanol–water partition coefficient (Wildman–Crippen LogP) is 5.13. The minimum Gasteiger partial charge on any atom is -0.497 e. The normalized spacial score (nSPS) is 14.0. The Morgan fingerprint density at radius 2 is 2.00 bits per heavy atom. The first-order valence-corrected chi connectivity index (χ1v) is 11.7. The van der Waals surface area contributed by atoms with E-state index in [4.69, 9.17) is 16.3 Å². The number of methoxy groups -OCH3 is 1. The van der Waals surface area contributed by atoms with Crippen LogP contribution in [0, 0.1) is 0 Å². The van der Waals surface area contributed by atoms with Crippen molar-refractivity contribution in [3.8, 4) is 17.1 Å². The fourth-order valence-electron chi connectivity index (χ4n) is 3.86. The van der Waals surface area contributed by atoms with Crippen LogP contribution in [0.2, 0.25) is 5.02 Å². The fourth-order valence-corrected chi connectivity index (χ4v) is 4.91. The van der Waals surface area contributed by atoms with E-state index >= 15 is 0 Å². The molecule has 1 aliphatic carbocycles. The Bertz CT molecular complexity index is 1050. The van der Waals surface area contributed by atoms with Crippen LogP contribution in [-0.2, 0) is 11.3 Å². The van der Waals surface area contributed by atoms with Crippen LogP contribution in [0.25, 0.3) is 11.4 Å². The van der Waals surface area contributed by atoms with E-state index in [2.05, 4.69) is 20.1 Å². The molecule has 3 aromatic rings. The number of nitrogens with one attached hydrogen (secondary N) is 1. The molecule has 0 bridgehead atoms. The van der Waals surface area contributed by atoms with Crippen molar-refractivity contribution >= 4 is 29.3 Å². The zero-order chi connectivity index (χ0) is 21.6. The number of halogens is 1. The zero-order valence-corrected chi connectivity index (χ0v) is 19.0. The number of thioether (sulfide) groups is 1. The van der Waals surface area contributed by atoms with Gasteiger partial charge in [-0.25, -0.2) is 0 Å². The lowest BCUT2D eigenvalue weighted by atomic mass is 10.2. The highest BCUT2D eigenvalue weighted by atomic mass is 35.5. The zero-order valence-electron chi connectivity index (χ0n) is 17.4. The molecule has 4 rings (SSSR count). The molecule has 0 atom stereocenters. The topological polar surface area (TPSA) is 69.0 Å². The van der Waals surface area contributed by atoms with E-state index in [0.717, 1.165) is 40.7 Å². The van der Waals surface area contributed by atoms with E-state index < -0.39 is 0 Å². The lowest BCUT2D eigenvalue weighted by Gasteiger charge is -2.17. The molecule has 0 spiro atoms. The predicted molar refractivity (Wildman–Crippen MR) is 124 cm³/mol. The number of ether oxygens (including phenoxy) is 1. The van der Waals surface area contributed by atoms with Gasteiger partial charge in [-0.3, -0.25) is 9.36 Å². The third kappa shape index (κ3) is 5.22. The Morgan fingerprint density at radius 1 is 1.19 bits per heavy atom. The summed E-state index contributed by atoms with van der Waals surface area (Å²) in [7, 11) is 1.63. The molecule has 31 heavy (non-hydrogen) atoms. The fraction of sp³-hybridized carbons (Fsp3) is 0.348. The number of rotatable bonds is 8. The molecular formula is C23H25ClN4O2S. The maximum atomic E-state index is 12.5. The number of benzene rings is 2. The highest BCUT2D eigenvalue weighted by Crippen LogP contribution is 2.38. The quantitative estimate of drug-likeness (QED) is 0.476. The molecule has 0 aliphatic heterocycles. The molecular weight excluding hydrogens is 432 g/mol. The second-order valence-electron chi connectivity index (χ2n) is 7.51. The van der Waals surface area contributed by atoms with E-state index in [1.165, 1.54) is 24.6 Å². The van der Waals surface area contributed by atoms with Crippen molar-refractivity contribution in [1.29, 1.82) is 0 Å². The van der Waals surface area contributed by atoms with Gasteiger partial charge in [0.15, 0.2) is 11.0 Å². The van der Waals surface area contributed by atoms with Gasteiger partial charge in [-0.05, 0) is 42.7 Å². The SMILES string of the molecule is COc1cccc(CNC(=O)CSc2nnc(-c3ccccc3Cl)n2C2CCCC2)c1. The van der Waals surface area contributed by atoms with E-state index in [1.54, 1.807) is 7.11 Å². The van der Waals surface area contributed by atoms with Crippen molar-refractivity contribution in [3.63, 3.8) is 0 Å². The lowest BCUT2D eigenvalue weighted by Crippen LogP contribution is -2.24. The van der Waals surface area contributed by atoms with Crippen molar-refractivity contribution in [2.45, 2.75) is 43.4 Å². The van der Waals surface area contributed by atoms with E-state index in [0.29, 0.717) is 17.6 Å². The van der Waals surface area contributed by atoms with Gasteiger partial charge in [0.1, 0.15) is 5.75 Å². The number of aromatic nitrogens is 3. The van der Waals surface area contributed by atoms with Gasteiger partial charge < -0.3 is 10.1 Å². The van der Waals surface area contributed by atoms with Gasteiger partial charge >= 0.3 is 0 Å². The van der Waals surface area contributed by atoms with Crippen molar-refractivity contribution in [2.24, 2.45) is 0 Å². The van der Waals surface area contributed by atoms with Gasteiger partial charge in [-0.2, -0.15) is 0 Å². The number of nitrogens with zero attached hydrogens (tertiary/aromatic N) is 3. The summed E-state index contributed by atoms with van der Waals surface area (Å²) >= 11 is 7.85. The molecule has 0 unspecified atom stereocenters. The molecule has 0 radical (unpaired) electrons. The smallest absolute Gasteiger partial charge is 0.230 e. The summed E-state index contributed by atoms with van der Waals surface area (Å²) in [6.45, 7) is 0.455. The summed E-state index contributed by atoms with van der Waals surface area (Å²) in [5, 5.41) is 13.2. The molecule has 2 aromatic carbocycles. The largest absolute Gasteiger partial charge is 0.497 e. The van der Waals surface area contributed by atoms with Crippen LogP contribution in [0.3, 0.4) is 0 Å². The summed E-state index contributed by atoms with van der Waals surface area (Å²) in [6, 6.07) is 15.7. The van der Waals surface area contributed by atoms with Crippen LogP contribution >= 0.6 is 23.4 Å². The van der Waals surface area contributed by atoms with Crippen LogP contribution in [0.1, 0.15) is 37.3 Å². The van der Waals surface area contributed by atoms with Crippen LogP contribution < -0.4 is 10.1 Å². The van der Waals surface area contributed by atoms with E-state index in [-0.39, 0.29) is 11.7 Å². The first-order valence-electron chi connectivity index (χ1n) is 10.4. The Balaban J connectivity index is 1.45. The van der Waals surface area contributed by atoms with Crippen molar-refractivity contribution in [1.82, 2.24) is 20.1 Å². The molecule has 1 amide bonds. The first kappa shape index (κ1) is 21.7. The van der Waals surface area contributed by atoms with E-state index in [1.807, 2.05) is 48.5 Å². The van der Waals surface area contributed by atoms with Crippen LogP contribution in [0.15, 0.2) is 53.7 Å². The van der Waals surface area contributed by atoms with Crippen LogP contribution in [0.4, 0.5) is 0 Å². The second-order valence-corrected chi connectivity index (χ2v) is 8.86. The number of hydrogen-bond donors (Lipinski definition) is 1. The molecule has 0 saturated heterocycles. The van der Waals surface area contributed by atoms with Gasteiger partial charge in [-0.15, -0.1) is 10.2 Å². The molecule has 1 heterocycles. The number of hydrogen-bond acceptors (Lipinski definition) is 5. The summed E-state index contributed by atoms with van der Waals surface area (Å²) in [4.78, 5) is 12.5. The standard InChI is InChI=1S/C23H25ClN4O2S/c1-30-18-10-6-7-16(13-18)14-25-21(29)15-31-23-27-26-22(19-11-4-5-12-20(19)24)28(23)17-8-2-3-9-17/h4-7,10-13,17H,2-3,8-9,14-15H2,1H3,(H,25,29). The van der Waals surface area contributed by atoms with Gasteiger partial charge in [0.05, 0.1) is 17.9 Å². The Morgan fingerprint density at radius 3 is 2.77 bits per heavy atom. The molecule has 8 heteroatoms. The highest BCUT2D eigenvalue weighted by Gasteiger charge is 2.26. The maximum absolute atomic E-state index is 12.5. The lowest BCUT2D eigenvalue weighted by molar-refractivity contribution is -0.118. The monoisotopic (exact) mass is 456 g/mol. The maximum Gasteiger partial charge on any atom is 0.230 e. The molecule has 1 aromatic heterocycles. The first-order chi connectivity index (χ1) is 15.2. The molecule has 1 aliphatic rings. The minimum absolute atomic E-state index is 0.0481. The number of amides is 1. The van der Waals surface area contributed by atoms with Crippen LogP contribution in [-0.4, -0.2) is 33.5 Å². The Labute approximate surface area is 191 Å². The minimum atomic E-state index is -0.0481. The van der Waals surface area contributed by atoms with Crippen molar-refractivity contribution in [2.75, 3.05) is 12.9 Å². The number of carbonyl (C=O) groups excluding carboxylic acids is 1. The number of carbonyl (C=O) groups is 1. The average Bonchev–Trinajstić information content (AvgIpc) is 3.46. The summed E-state index contributed by atoms with van der Waals surface area (Å²) in [6.07, 6.45) is 4.56. The molecule has 6 nitrogen and oxygen atoms in total. The van der Waals surface area contributed by atoms with Gasteiger partial charge in [0.2, 0.25) is 5.91 Å². The Kier molecular flexibility index (Phi) is 7.14. The van der Waals surface area contributed by atoms with Crippen molar-refractivity contribution in [3.05, 3.63) is 59.1 Å². The van der Waals surface area contributed by atoms with Gasteiger partial charge in [0.25, 0.3) is 0 Å². The summed E-state index contributed by atoms with van der Waals surface area (Å²) in [5.41, 5.74) is 1.87. The average molecular weight is 457 g/mol. The summed E-state index contributed by atoms with van der Waals surface area (Å²) in [5.74, 6) is 1.78. The molecule has 1 fully saturated rings. The van der Waals surface area contributed by atoms with E-state index in [9.17, 15) is 4.79 Å². The Hall–Kier alpha value is -2.51. The third-order valence-corrected chi connectivity index (χ3v) is 6.70. The van der Waals surface area contributed by atoms with Gasteiger partial charge in [-0.1, -0.05) is 60.5 Å². The third-order valence-electron chi connectivity index (χ3n) is 5.43. The highest BCUT2D eigenvalue weighted by molar-refractivity contribution is 7.99. The molecule has 162 valence electrons. The summed E-state index contributed by atoms with van der Waals surface area (Å²) < 4.78 is 7.41. The van der Waals surface area contributed by atoms with Crippen LogP contribution in [0.5, 0.6) is 5.75 Å². The van der Waals surface area contributed by atoms with Gasteiger partial charge in [0, 0.05) is 18.2 Å². The molecule has 1 N–H and O–H groups in total.